The molecule has 25 heavy (non-hydrogen) atoms. The van der Waals surface area contributed by atoms with E-state index in [0.29, 0.717) is 46.2 Å². The number of rotatable bonds is 14. The zero-order valence-electron chi connectivity index (χ0n) is 14.9. The summed E-state index contributed by atoms with van der Waals surface area (Å²) >= 11 is 0. The van der Waals surface area contributed by atoms with Crippen molar-refractivity contribution in [2.75, 3.05) is 52.9 Å². The highest BCUT2D eigenvalue weighted by molar-refractivity contribution is 4.83. The van der Waals surface area contributed by atoms with Crippen LogP contribution in [0.5, 0.6) is 0 Å². The molecule has 0 spiro atoms. The molecule has 0 radical (unpaired) electrons. The first-order valence-corrected chi connectivity index (χ1v) is 9.14. The lowest BCUT2D eigenvalue weighted by molar-refractivity contribution is -0.424. The maximum Gasteiger partial charge on any atom is 0.311 e. The van der Waals surface area contributed by atoms with Crippen LogP contribution in [0.2, 0.25) is 0 Å². The predicted molar refractivity (Wildman–Crippen MR) is 84.1 cm³/mol. The highest BCUT2D eigenvalue weighted by Crippen LogP contribution is 2.33. The molecule has 4 aliphatic heterocycles. The van der Waals surface area contributed by atoms with E-state index in [2.05, 4.69) is 13.8 Å². The SMILES string of the molecule is CC(C)C(OCC1CO1)C(OCC1CO1)(OCC1CO1)OCC1CO1. The van der Waals surface area contributed by atoms with Crippen molar-refractivity contribution in [1.29, 1.82) is 0 Å². The summed E-state index contributed by atoms with van der Waals surface area (Å²) in [7, 11) is 0. The largest absolute Gasteiger partial charge is 0.371 e. The Hall–Kier alpha value is -0.320. The normalized spacial score (nSPS) is 36.1. The van der Waals surface area contributed by atoms with E-state index in [9.17, 15) is 0 Å². The summed E-state index contributed by atoms with van der Waals surface area (Å²) in [5, 5.41) is 0. The van der Waals surface area contributed by atoms with Gasteiger partial charge in [0.1, 0.15) is 30.5 Å². The highest BCUT2D eigenvalue weighted by atomic mass is 16.9. The number of hydrogen-bond donors (Lipinski definition) is 0. The van der Waals surface area contributed by atoms with Crippen LogP contribution in [-0.2, 0) is 37.9 Å². The molecule has 4 fully saturated rings. The van der Waals surface area contributed by atoms with Gasteiger partial charge in [-0.3, -0.25) is 0 Å². The van der Waals surface area contributed by atoms with E-state index >= 15 is 0 Å². The molecule has 0 aromatic rings. The minimum atomic E-state index is -1.30. The summed E-state index contributed by atoms with van der Waals surface area (Å²) in [5.74, 6) is -1.17. The lowest BCUT2D eigenvalue weighted by Crippen LogP contribution is -2.55. The second-order valence-corrected chi connectivity index (χ2v) is 7.36. The van der Waals surface area contributed by atoms with E-state index in [-0.39, 0.29) is 30.3 Å². The third-order valence-corrected chi connectivity index (χ3v) is 4.44. The Morgan fingerprint density at radius 1 is 0.720 bits per heavy atom. The Balaban J connectivity index is 1.46. The Morgan fingerprint density at radius 2 is 1.08 bits per heavy atom. The molecule has 0 saturated carbocycles. The number of hydrogen-bond acceptors (Lipinski definition) is 8. The van der Waals surface area contributed by atoms with Gasteiger partial charge in [-0.25, -0.2) is 0 Å². The fraction of sp³-hybridized carbons (Fsp3) is 1.00. The molecule has 144 valence electrons. The highest BCUT2D eigenvalue weighted by Gasteiger charge is 2.49. The van der Waals surface area contributed by atoms with Crippen molar-refractivity contribution in [2.24, 2.45) is 5.92 Å². The topological polar surface area (TPSA) is 87.0 Å². The fourth-order valence-electron chi connectivity index (χ4n) is 2.57. The molecule has 5 atom stereocenters. The molecule has 4 heterocycles. The van der Waals surface area contributed by atoms with Gasteiger partial charge in [-0.2, -0.15) is 0 Å². The van der Waals surface area contributed by atoms with Crippen LogP contribution >= 0.6 is 0 Å². The molecule has 0 amide bonds. The zero-order valence-corrected chi connectivity index (χ0v) is 14.9. The van der Waals surface area contributed by atoms with E-state index in [1.165, 1.54) is 0 Å². The predicted octanol–water partition coefficient (Wildman–Crippen LogP) is 0.326. The molecule has 4 rings (SSSR count). The third kappa shape index (κ3) is 5.58. The first-order valence-electron chi connectivity index (χ1n) is 9.14. The monoisotopic (exact) mass is 360 g/mol. The van der Waals surface area contributed by atoms with E-state index < -0.39 is 12.1 Å². The van der Waals surface area contributed by atoms with Crippen molar-refractivity contribution in [3.8, 4) is 0 Å². The molecular weight excluding hydrogens is 332 g/mol. The van der Waals surface area contributed by atoms with Gasteiger partial charge in [-0.15, -0.1) is 0 Å². The van der Waals surface area contributed by atoms with Gasteiger partial charge < -0.3 is 37.9 Å². The number of ether oxygens (including phenoxy) is 8. The Bertz CT molecular complexity index is 388. The second-order valence-electron chi connectivity index (χ2n) is 7.36. The summed E-state index contributed by atoms with van der Waals surface area (Å²) in [6.07, 6.45) is 0.0544. The van der Waals surface area contributed by atoms with Crippen molar-refractivity contribution >= 4 is 0 Å². The molecule has 0 aromatic carbocycles. The minimum absolute atomic E-state index is 0.0977. The first-order chi connectivity index (χ1) is 12.1. The summed E-state index contributed by atoms with van der Waals surface area (Å²) in [4.78, 5) is 0. The van der Waals surface area contributed by atoms with Gasteiger partial charge in [0.15, 0.2) is 0 Å². The van der Waals surface area contributed by atoms with Crippen LogP contribution in [0, 0.1) is 5.92 Å². The molecular formula is C17H28O8. The van der Waals surface area contributed by atoms with Crippen molar-refractivity contribution in [1.82, 2.24) is 0 Å². The van der Waals surface area contributed by atoms with Crippen molar-refractivity contribution in [3.63, 3.8) is 0 Å². The van der Waals surface area contributed by atoms with Crippen LogP contribution in [0.4, 0.5) is 0 Å². The molecule has 4 saturated heterocycles. The van der Waals surface area contributed by atoms with Gasteiger partial charge in [0.25, 0.3) is 0 Å². The van der Waals surface area contributed by atoms with Crippen LogP contribution in [0.15, 0.2) is 0 Å². The van der Waals surface area contributed by atoms with Gasteiger partial charge in [0.2, 0.25) is 0 Å². The molecule has 0 bridgehead atoms. The molecule has 8 nitrogen and oxygen atoms in total. The van der Waals surface area contributed by atoms with Gasteiger partial charge in [-0.05, 0) is 5.92 Å². The third-order valence-electron chi connectivity index (χ3n) is 4.44. The van der Waals surface area contributed by atoms with Crippen LogP contribution in [0.25, 0.3) is 0 Å². The maximum absolute atomic E-state index is 6.14. The quantitative estimate of drug-likeness (QED) is 0.323. The summed E-state index contributed by atoms with van der Waals surface area (Å²) in [5.41, 5.74) is 0. The molecule has 0 aliphatic carbocycles. The second kappa shape index (κ2) is 7.74. The van der Waals surface area contributed by atoms with E-state index in [4.69, 9.17) is 37.9 Å². The molecule has 4 aliphatic rings. The van der Waals surface area contributed by atoms with Gasteiger partial charge >= 0.3 is 5.97 Å². The Kier molecular flexibility index (Phi) is 5.59. The van der Waals surface area contributed by atoms with Crippen molar-refractivity contribution in [3.05, 3.63) is 0 Å². The maximum atomic E-state index is 6.14. The smallest absolute Gasteiger partial charge is 0.311 e. The van der Waals surface area contributed by atoms with Crippen molar-refractivity contribution in [2.45, 2.75) is 50.3 Å². The fourth-order valence-corrected chi connectivity index (χ4v) is 2.57. The van der Waals surface area contributed by atoms with E-state index in [1.807, 2.05) is 0 Å². The molecule has 8 heteroatoms. The lowest BCUT2D eigenvalue weighted by Gasteiger charge is -2.40. The standard InChI is InChI=1S/C17H28O8/c1-11(2)16(22-7-12-3-18-12)17(23-8-13-4-19-13,24-9-14-5-20-14)25-10-15-6-21-15/h11-16H,3-10H2,1-2H3. The van der Waals surface area contributed by atoms with E-state index in [0.717, 1.165) is 6.61 Å². The van der Waals surface area contributed by atoms with Crippen LogP contribution in [0.3, 0.4) is 0 Å². The van der Waals surface area contributed by atoms with Gasteiger partial charge in [-0.1, -0.05) is 13.8 Å². The van der Waals surface area contributed by atoms with Crippen LogP contribution < -0.4 is 0 Å². The van der Waals surface area contributed by atoms with Gasteiger partial charge in [0, 0.05) is 0 Å². The average Bonchev–Trinajstić information content (AvgIpc) is 3.47. The molecule has 0 N–H and O–H groups in total. The summed E-state index contributed by atoms with van der Waals surface area (Å²) < 4.78 is 45.7. The Morgan fingerprint density at radius 3 is 1.40 bits per heavy atom. The minimum Gasteiger partial charge on any atom is -0.371 e. The first kappa shape index (κ1) is 18.1. The average molecular weight is 360 g/mol. The summed E-state index contributed by atoms with van der Waals surface area (Å²) in [6, 6.07) is 0. The van der Waals surface area contributed by atoms with Crippen LogP contribution in [0.1, 0.15) is 13.8 Å². The lowest BCUT2D eigenvalue weighted by atomic mass is 10.0. The van der Waals surface area contributed by atoms with Crippen molar-refractivity contribution < 1.29 is 37.9 Å². The van der Waals surface area contributed by atoms with Gasteiger partial charge in [0.05, 0.1) is 52.9 Å². The molecule has 0 aromatic heterocycles. The zero-order chi connectivity index (χ0) is 17.3. The Labute approximate surface area is 147 Å². The summed E-state index contributed by atoms with van der Waals surface area (Å²) in [6.45, 7) is 8.71. The molecule has 5 unspecified atom stereocenters. The van der Waals surface area contributed by atoms with Crippen LogP contribution in [-0.4, -0.2) is 89.3 Å². The number of epoxide rings is 4. The van der Waals surface area contributed by atoms with E-state index in [1.54, 1.807) is 0 Å².